The largest absolute Gasteiger partial charge is 0.433 e. The minimum absolute atomic E-state index is 0.244. The van der Waals surface area contributed by atoms with Crippen LogP contribution < -0.4 is 0 Å². The first-order valence-corrected chi connectivity index (χ1v) is 8.91. The fourth-order valence-electron chi connectivity index (χ4n) is 3.07. The molecule has 2 heterocycles. The van der Waals surface area contributed by atoms with Crippen molar-refractivity contribution in [2.45, 2.75) is 20.4 Å². The van der Waals surface area contributed by atoms with E-state index in [9.17, 15) is 14.5 Å². The van der Waals surface area contributed by atoms with Gasteiger partial charge in [-0.1, -0.05) is 12.1 Å². The third kappa shape index (κ3) is 3.77. The van der Waals surface area contributed by atoms with Crippen LogP contribution in [0.3, 0.4) is 0 Å². The first-order valence-electron chi connectivity index (χ1n) is 8.91. The number of rotatable bonds is 5. The zero-order chi connectivity index (χ0) is 20.5. The van der Waals surface area contributed by atoms with E-state index in [1.54, 1.807) is 6.07 Å². The van der Waals surface area contributed by atoms with Crippen molar-refractivity contribution in [2.75, 3.05) is 0 Å². The van der Waals surface area contributed by atoms with Gasteiger partial charge in [0.05, 0.1) is 29.9 Å². The number of fused-ring (bicyclic) bond motifs is 1. The maximum atomic E-state index is 13.6. The molecule has 0 spiro atoms. The second-order valence-electron chi connectivity index (χ2n) is 6.74. The monoisotopic (exact) mass is 392 g/mol. The summed E-state index contributed by atoms with van der Waals surface area (Å²) in [5, 5.41) is 10.8. The number of hydrogen-bond donors (Lipinski definition) is 0. The van der Waals surface area contributed by atoms with Crippen molar-refractivity contribution >= 4 is 29.1 Å². The molecule has 8 heteroatoms. The quantitative estimate of drug-likeness (QED) is 0.269. The highest BCUT2D eigenvalue weighted by Gasteiger charge is 2.14. The molecule has 0 bridgehead atoms. The number of furan rings is 1. The van der Waals surface area contributed by atoms with Crippen LogP contribution in [0.5, 0.6) is 0 Å². The summed E-state index contributed by atoms with van der Waals surface area (Å²) in [6.45, 7) is 4.40. The molecule has 0 unspecified atom stereocenters. The minimum atomic E-state index is -0.609. The molecule has 0 amide bonds. The Bertz CT molecular complexity index is 1260. The highest BCUT2D eigenvalue weighted by molar-refractivity contribution is 5.83. The Morgan fingerprint density at radius 1 is 1.21 bits per heavy atom. The predicted molar refractivity (Wildman–Crippen MR) is 107 cm³/mol. The Labute approximate surface area is 165 Å². The van der Waals surface area contributed by atoms with E-state index >= 15 is 0 Å². The number of hydrogen-bond acceptors (Lipinski definition) is 5. The van der Waals surface area contributed by atoms with Crippen molar-refractivity contribution in [3.63, 3.8) is 0 Å². The SMILES string of the molecule is Cc1cc2nc(N=Cc3ccc([N+](=O)[O-])o3)n(Cc3cccc(F)c3)c2cc1C. The molecule has 0 aliphatic carbocycles. The second-order valence-corrected chi connectivity index (χ2v) is 6.74. The lowest BCUT2D eigenvalue weighted by Gasteiger charge is -2.08. The summed E-state index contributed by atoms with van der Waals surface area (Å²) in [6.07, 6.45) is 1.38. The van der Waals surface area contributed by atoms with Crippen molar-refractivity contribution in [3.8, 4) is 0 Å². The molecule has 0 aliphatic heterocycles. The average molecular weight is 392 g/mol. The number of aliphatic imine (C=N–C) groups is 1. The third-order valence-electron chi connectivity index (χ3n) is 4.67. The molecule has 0 saturated heterocycles. The fraction of sp³-hybridized carbons (Fsp3) is 0.143. The van der Waals surface area contributed by atoms with E-state index in [1.807, 2.05) is 36.6 Å². The number of imidazole rings is 1. The van der Waals surface area contributed by atoms with E-state index in [0.29, 0.717) is 12.5 Å². The number of aromatic nitrogens is 2. The third-order valence-corrected chi connectivity index (χ3v) is 4.67. The highest BCUT2D eigenvalue weighted by Crippen LogP contribution is 2.26. The molecule has 4 aromatic rings. The fourth-order valence-corrected chi connectivity index (χ4v) is 3.07. The van der Waals surface area contributed by atoms with Gasteiger partial charge in [-0.15, -0.1) is 0 Å². The van der Waals surface area contributed by atoms with Crippen LogP contribution in [0, 0.1) is 29.8 Å². The van der Waals surface area contributed by atoms with Crippen molar-refractivity contribution in [2.24, 2.45) is 4.99 Å². The molecule has 4 rings (SSSR count). The molecule has 0 N–H and O–H groups in total. The summed E-state index contributed by atoms with van der Waals surface area (Å²) in [5.74, 6) is -0.0282. The summed E-state index contributed by atoms with van der Waals surface area (Å²) in [4.78, 5) is 19.1. The molecule has 7 nitrogen and oxygen atoms in total. The van der Waals surface area contributed by atoms with Crippen LogP contribution in [0.2, 0.25) is 0 Å². The Balaban J connectivity index is 1.78. The Morgan fingerprint density at radius 3 is 2.72 bits per heavy atom. The predicted octanol–water partition coefficient (Wildman–Crippen LogP) is 5.09. The normalized spacial score (nSPS) is 11.6. The summed E-state index contributed by atoms with van der Waals surface area (Å²) in [7, 11) is 0. The highest BCUT2D eigenvalue weighted by atomic mass is 19.1. The van der Waals surface area contributed by atoms with Gasteiger partial charge in [0.2, 0.25) is 5.95 Å². The Hall–Kier alpha value is -3.81. The van der Waals surface area contributed by atoms with E-state index in [2.05, 4.69) is 9.98 Å². The van der Waals surface area contributed by atoms with Gasteiger partial charge in [0.1, 0.15) is 10.7 Å². The first kappa shape index (κ1) is 18.5. The van der Waals surface area contributed by atoms with Crippen molar-refractivity contribution in [3.05, 3.63) is 86.9 Å². The van der Waals surface area contributed by atoms with Crippen LogP contribution in [0.15, 0.2) is 57.9 Å². The smallest absolute Gasteiger partial charge is 0.400 e. The lowest BCUT2D eigenvalue weighted by Crippen LogP contribution is -2.00. The van der Waals surface area contributed by atoms with E-state index < -0.39 is 4.92 Å². The molecule has 29 heavy (non-hydrogen) atoms. The number of nitrogens with zero attached hydrogens (tertiary/aromatic N) is 4. The molecule has 2 aromatic heterocycles. The van der Waals surface area contributed by atoms with Crippen LogP contribution in [-0.4, -0.2) is 20.7 Å². The van der Waals surface area contributed by atoms with Crippen LogP contribution in [-0.2, 0) is 6.54 Å². The zero-order valence-electron chi connectivity index (χ0n) is 15.8. The van der Waals surface area contributed by atoms with Crippen LogP contribution in [0.1, 0.15) is 22.5 Å². The Morgan fingerprint density at radius 2 is 2.00 bits per heavy atom. The van der Waals surface area contributed by atoms with Crippen molar-refractivity contribution in [1.82, 2.24) is 9.55 Å². The number of aryl methyl sites for hydroxylation is 2. The summed E-state index contributed by atoms with van der Waals surface area (Å²) < 4.78 is 20.6. The second kappa shape index (κ2) is 7.31. The molecule has 0 fully saturated rings. The molecule has 0 saturated carbocycles. The van der Waals surface area contributed by atoms with Crippen molar-refractivity contribution < 1.29 is 13.7 Å². The standard InChI is InChI=1S/C21H17FN4O3/c1-13-8-18-19(9-14(13)2)25(12-15-4-3-5-16(22)10-15)21(24-18)23-11-17-6-7-20(29-17)26(27)28/h3-11H,12H2,1-2H3. The molecule has 0 aliphatic rings. The lowest BCUT2D eigenvalue weighted by atomic mass is 10.1. The Kier molecular flexibility index (Phi) is 4.67. The number of nitro groups is 1. The van der Waals surface area contributed by atoms with Crippen LogP contribution in [0.4, 0.5) is 16.2 Å². The van der Waals surface area contributed by atoms with Gasteiger partial charge in [0.15, 0.2) is 5.76 Å². The van der Waals surface area contributed by atoms with E-state index in [-0.39, 0.29) is 17.5 Å². The number of halogens is 1. The number of benzene rings is 2. The minimum Gasteiger partial charge on any atom is -0.400 e. The van der Waals surface area contributed by atoms with Crippen LogP contribution in [0.25, 0.3) is 11.0 Å². The van der Waals surface area contributed by atoms with Crippen molar-refractivity contribution in [1.29, 1.82) is 0 Å². The molecular formula is C21H17FN4O3. The molecule has 146 valence electrons. The summed E-state index contributed by atoms with van der Waals surface area (Å²) >= 11 is 0. The van der Waals surface area contributed by atoms with Gasteiger partial charge in [-0.3, -0.25) is 10.1 Å². The van der Waals surface area contributed by atoms with Gasteiger partial charge in [0, 0.05) is 0 Å². The molecular weight excluding hydrogens is 375 g/mol. The van der Waals surface area contributed by atoms with E-state index in [0.717, 1.165) is 27.7 Å². The van der Waals surface area contributed by atoms with Gasteiger partial charge >= 0.3 is 5.88 Å². The maximum Gasteiger partial charge on any atom is 0.433 e. The average Bonchev–Trinajstić information content (AvgIpc) is 3.27. The van der Waals surface area contributed by atoms with Gasteiger partial charge in [-0.05, 0) is 60.9 Å². The van der Waals surface area contributed by atoms with Gasteiger partial charge in [0.25, 0.3) is 0 Å². The molecule has 0 radical (unpaired) electrons. The summed E-state index contributed by atoms with van der Waals surface area (Å²) in [6, 6.07) is 13.1. The van der Waals surface area contributed by atoms with Gasteiger partial charge < -0.3 is 8.98 Å². The lowest BCUT2D eigenvalue weighted by molar-refractivity contribution is -0.402. The first-order chi connectivity index (χ1) is 13.9. The van der Waals surface area contributed by atoms with E-state index in [4.69, 9.17) is 4.42 Å². The molecule has 0 atom stereocenters. The topological polar surface area (TPSA) is 86.5 Å². The summed E-state index contributed by atoms with van der Waals surface area (Å²) in [5.41, 5.74) is 4.62. The van der Waals surface area contributed by atoms with Crippen LogP contribution >= 0.6 is 0 Å². The maximum absolute atomic E-state index is 13.6. The van der Waals surface area contributed by atoms with Gasteiger partial charge in [-0.25, -0.2) is 14.4 Å². The molecule has 2 aromatic carbocycles. The van der Waals surface area contributed by atoms with Gasteiger partial charge in [-0.2, -0.15) is 0 Å². The van der Waals surface area contributed by atoms with E-state index in [1.165, 1.54) is 30.5 Å². The zero-order valence-corrected chi connectivity index (χ0v) is 15.8.